The van der Waals surface area contributed by atoms with Crippen LogP contribution in [0.5, 0.6) is 0 Å². The Kier molecular flexibility index (Phi) is 6.24. The van der Waals surface area contributed by atoms with Crippen molar-refractivity contribution in [3.63, 3.8) is 0 Å². The zero-order valence-electron chi connectivity index (χ0n) is 17.7. The number of aliphatic imine (C=N–C) groups is 1. The molecule has 31 heavy (non-hydrogen) atoms. The summed E-state index contributed by atoms with van der Waals surface area (Å²) in [4.78, 5) is 17.7. The van der Waals surface area contributed by atoms with E-state index in [1.54, 1.807) is 37.3 Å². The van der Waals surface area contributed by atoms with Gasteiger partial charge >= 0.3 is 0 Å². The SMILES string of the molecule is CC(NC(=O)[C@@H](N=C1NS(=O)(=O)c2ccccc21)C(C)C)c1ccc(S(C)(=O)=O)cc1. The fourth-order valence-corrected chi connectivity index (χ4v) is 5.13. The van der Waals surface area contributed by atoms with Gasteiger partial charge < -0.3 is 5.32 Å². The first-order valence-corrected chi connectivity index (χ1v) is 13.1. The molecule has 1 heterocycles. The minimum atomic E-state index is -3.70. The molecule has 0 saturated carbocycles. The highest BCUT2D eigenvalue weighted by atomic mass is 32.2. The van der Waals surface area contributed by atoms with E-state index in [-0.39, 0.29) is 27.5 Å². The molecule has 1 aliphatic heterocycles. The van der Waals surface area contributed by atoms with Crippen molar-refractivity contribution in [1.82, 2.24) is 10.0 Å². The van der Waals surface area contributed by atoms with Crippen molar-refractivity contribution in [3.8, 4) is 0 Å². The van der Waals surface area contributed by atoms with Crippen LogP contribution in [-0.2, 0) is 24.7 Å². The molecular weight excluding hydrogens is 438 g/mol. The molecule has 0 aliphatic carbocycles. The van der Waals surface area contributed by atoms with Crippen molar-refractivity contribution in [3.05, 3.63) is 59.7 Å². The van der Waals surface area contributed by atoms with E-state index in [0.29, 0.717) is 5.56 Å². The topological polar surface area (TPSA) is 122 Å². The second-order valence-corrected chi connectivity index (χ2v) is 11.5. The lowest BCUT2D eigenvalue weighted by atomic mass is 10.0. The standard InChI is InChI=1S/C21H25N3O5S2/c1-13(2)19(23-20-17-7-5-6-8-18(17)31(28,29)24-20)21(25)22-14(3)15-9-11-16(12-10-15)30(4,26)27/h5-14,19H,1-4H3,(H,22,25)(H,23,24)/t14?,19-/m0/s1. The summed E-state index contributed by atoms with van der Waals surface area (Å²) in [5, 5.41) is 2.88. The number of sulfone groups is 1. The summed E-state index contributed by atoms with van der Waals surface area (Å²) in [7, 11) is -7.00. The third-order valence-corrected chi connectivity index (χ3v) is 7.52. The van der Waals surface area contributed by atoms with E-state index >= 15 is 0 Å². The van der Waals surface area contributed by atoms with Crippen molar-refractivity contribution in [1.29, 1.82) is 0 Å². The summed E-state index contributed by atoms with van der Waals surface area (Å²) >= 11 is 0. The average Bonchev–Trinajstić information content (AvgIpc) is 2.95. The number of rotatable bonds is 6. The van der Waals surface area contributed by atoms with Gasteiger partial charge in [0.1, 0.15) is 11.9 Å². The van der Waals surface area contributed by atoms with Gasteiger partial charge in [0, 0.05) is 11.8 Å². The van der Waals surface area contributed by atoms with Gasteiger partial charge in [-0.1, -0.05) is 38.1 Å². The number of carbonyl (C=O) groups excluding carboxylic acids is 1. The van der Waals surface area contributed by atoms with Gasteiger partial charge in [0.25, 0.3) is 10.0 Å². The van der Waals surface area contributed by atoms with Crippen LogP contribution in [0.1, 0.15) is 37.9 Å². The Morgan fingerprint density at radius 2 is 1.65 bits per heavy atom. The van der Waals surface area contributed by atoms with Crippen LogP contribution in [0.15, 0.2) is 63.3 Å². The molecule has 2 aromatic carbocycles. The lowest BCUT2D eigenvalue weighted by Gasteiger charge is -2.21. The molecule has 166 valence electrons. The number of nitrogens with one attached hydrogen (secondary N) is 2. The first-order valence-electron chi connectivity index (χ1n) is 9.70. The first-order chi connectivity index (χ1) is 14.4. The predicted octanol–water partition coefficient (Wildman–Crippen LogP) is 2.03. The van der Waals surface area contributed by atoms with Crippen molar-refractivity contribution >= 4 is 31.6 Å². The fourth-order valence-electron chi connectivity index (χ4n) is 3.27. The third-order valence-electron chi connectivity index (χ3n) is 5.00. The summed E-state index contributed by atoms with van der Waals surface area (Å²) in [6, 6.07) is 11.6. The Hall–Kier alpha value is -2.72. The largest absolute Gasteiger partial charge is 0.348 e. The molecule has 0 fully saturated rings. The molecule has 1 amide bonds. The highest BCUT2D eigenvalue weighted by Crippen LogP contribution is 2.24. The van der Waals surface area contributed by atoms with Gasteiger partial charge in [0.2, 0.25) is 5.91 Å². The molecule has 0 spiro atoms. The summed E-state index contributed by atoms with van der Waals surface area (Å²) in [5.74, 6) is -0.398. The molecular formula is C21H25N3O5S2. The van der Waals surface area contributed by atoms with Crippen LogP contribution in [0.4, 0.5) is 0 Å². The minimum absolute atomic E-state index is 0.135. The van der Waals surface area contributed by atoms with Gasteiger partial charge in [-0.3, -0.25) is 14.5 Å². The number of hydrogen-bond donors (Lipinski definition) is 2. The van der Waals surface area contributed by atoms with E-state index in [9.17, 15) is 21.6 Å². The van der Waals surface area contributed by atoms with Crippen molar-refractivity contribution in [2.45, 2.75) is 42.6 Å². The smallest absolute Gasteiger partial charge is 0.263 e. The van der Waals surface area contributed by atoms with Crippen molar-refractivity contribution in [2.24, 2.45) is 10.9 Å². The number of benzene rings is 2. The normalized spacial score (nSPS) is 18.3. The maximum absolute atomic E-state index is 13.0. The molecule has 10 heteroatoms. The number of hydrogen-bond acceptors (Lipinski definition) is 6. The van der Waals surface area contributed by atoms with Crippen LogP contribution in [0.25, 0.3) is 0 Å². The summed E-state index contributed by atoms with van der Waals surface area (Å²) in [6.07, 6.45) is 1.13. The molecule has 2 atom stereocenters. The molecule has 0 radical (unpaired) electrons. The van der Waals surface area contributed by atoms with Gasteiger partial charge in [-0.25, -0.2) is 16.8 Å². The first kappa shape index (κ1) is 23.0. The zero-order chi connectivity index (χ0) is 23.0. The van der Waals surface area contributed by atoms with Gasteiger partial charge in [-0.2, -0.15) is 0 Å². The van der Waals surface area contributed by atoms with E-state index in [0.717, 1.165) is 11.8 Å². The molecule has 0 aromatic heterocycles. The summed E-state index contributed by atoms with van der Waals surface area (Å²) in [6.45, 7) is 5.44. The maximum Gasteiger partial charge on any atom is 0.263 e. The van der Waals surface area contributed by atoms with Gasteiger partial charge in [-0.15, -0.1) is 0 Å². The maximum atomic E-state index is 13.0. The number of carbonyl (C=O) groups is 1. The second-order valence-electron chi connectivity index (χ2n) is 7.84. The molecule has 1 aliphatic rings. The molecule has 0 bridgehead atoms. The predicted molar refractivity (Wildman–Crippen MR) is 118 cm³/mol. The van der Waals surface area contributed by atoms with E-state index in [1.165, 1.54) is 18.2 Å². The lowest BCUT2D eigenvalue weighted by Crippen LogP contribution is -2.39. The minimum Gasteiger partial charge on any atom is -0.348 e. The number of nitrogens with zero attached hydrogens (tertiary/aromatic N) is 1. The van der Waals surface area contributed by atoms with E-state index in [4.69, 9.17) is 0 Å². The Morgan fingerprint density at radius 3 is 2.23 bits per heavy atom. The van der Waals surface area contributed by atoms with E-state index in [2.05, 4.69) is 15.0 Å². The fraction of sp³-hybridized carbons (Fsp3) is 0.333. The average molecular weight is 464 g/mol. The van der Waals surface area contributed by atoms with Crippen LogP contribution in [0.2, 0.25) is 0 Å². The zero-order valence-corrected chi connectivity index (χ0v) is 19.3. The highest BCUT2D eigenvalue weighted by Gasteiger charge is 2.32. The van der Waals surface area contributed by atoms with Gasteiger partial charge in [0.15, 0.2) is 9.84 Å². The Labute approximate surface area is 182 Å². The lowest BCUT2D eigenvalue weighted by molar-refractivity contribution is -0.123. The number of sulfonamides is 1. The molecule has 0 saturated heterocycles. The number of amidine groups is 1. The molecule has 1 unspecified atom stereocenters. The van der Waals surface area contributed by atoms with Crippen LogP contribution in [-0.4, -0.2) is 40.9 Å². The molecule has 2 aromatic rings. The van der Waals surface area contributed by atoms with E-state index < -0.39 is 31.9 Å². The van der Waals surface area contributed by atoms with Crippen LogP contribution in [0, 0.1) is 5.92 Å². The molecule has 8 nitrogen and oxygen atoms in total. The van der Waals surface area contributed by atoms with Gasteiger partial charge in [0.05, 0.1) is 15.8 Å². The monoisotopic (exact) mass is 463 g/mol. The van der Waals surface area contributed by atoms with Crippen LogP contribution >= 0.6 is 0 Å². The van der Waals surface area contributed by atoms with E-state index in [1.807, 2.05) is 13.8 Å². The highest BCUT2D eigenvalue weighted by molar-refractivity contribution is 7.91. The number of fused-ring (bicyclic) bond motifs is 1. The summed E-state index contributed by atoms with van der Waals surface area (Å²) < 4.78 is 50.3. The van der Waals surface area contributed by atoms with Gasteiger partial charge in [-0.05, 0) is 42.7 Å². The molecule has 2 N–H and O–H groups in total. The third kappa shape index (κ3) is 4.96. The Bertz CT molecular complexity index is 1230. The van der Waals surface area contributed by atoms with Crippen molar-refractivity contribution < 1.29 is 21.6 Å². The van der Waals surface area contributed by atoms with Crippen molar-refractivity contribution in [2.75, 3.05) is 6.26 Å². The second kappa shape index (κ2) is 8.43. The Morgan fingerprint density at radius 1 is 1.03 bits per heavy atom. The van der Waals surface area contributed by atoms with Crippen LogP contribution < -0.4 is 10.0 Å². The molecule has 3 rings (SSSR count). The number of amides is 1. The quantitative estimate of drug-likeness (QED) is 0.679. The van der Waals surface area contributed by atoms with Crippen LogP contribution in [0.3, 0.4) is 0 Å². The Balaban J connectivity index is 1.83. The summed E-state index contributed by atoms with van der Waals surface area (Å²) in [5.41, 5.74) is 1.17.